The van der Waals surface area contributed by atoms with Crippen LogP contribution in [-0.4, -0.2) is 32.7 Å². The number of ether oxygens (including phenoxy) is 1. The van der Waals surface area contributed by atoms with Gasteiger partial charge in [0.15, 0.2) is 8.32 Å². The highest BCUT2D eigenvalue weighted by Crippen LogP contribution is 2.35. The van der Waals surface area contributed by atoms with Crippen molar-refractivity contribution in [3.63, 3.8) is 0 Å². The Hall–Kier alpha value is -1.55. The maximum atomic E-state index is 12.3. The van der Waals surface area contributed by atoms with Crippen LogP contribution in [0.25, 0.3) is 4.85 Å². The molecule has 7 heteroatoms. The number of halogens is 1. The van der Waals surface area contributed by atoms with E-state index in [0.717, 1.165) is 0 Å². The maximum Gasteiger partial charge on any atom is 0.415 e. The minimum atomic E-state index is -1.75. The van der Waals surface area contributed by atoms with Gasteiger partial charge in [-0.2, -0.15) is 0 Å². The lowest BCUT2D eigenvalue weighted by atomic mass is 10.1. The molecule has 1 saturated heterocycles. The van der Waals surface area contributed by atoms with Crippen LogP contribution in [0.2, 0.25) is 24.7 Å². The summed E-state index contributed by atoms with van der Waals surface area (Å²) < 4.78 is 11.5. The van der Waals surface area contributed by atoms with E-state index in [1.54, 1.807) is 23.1 Å². The molecule has 1 fully saturated rings. The van der Waals surface area contributed by atoms with Crippen LogP contribution in [0.15, 0.2) is 18.2 Å². The number of benzene rings is 1. The summed E-state index contributed by atoms with van der Waals surface area (Å²) in [4.78, 5) is 17.2. The van der Waals surface area contributed by atoms with Crippen LogP contribution >= 0.6 is 11.6 Å². The Balaban J connectivity index is 2.36. The summed E-state index contributed by atoms with van der Waals surface area (Å²) in [5, 5.41) is 0.322. The van der Waals surface area contributed by atoms with Crippen molar-refractivity contribution in [3.05, 3.63) is 34.6 Å². The fraction of sp³-hybridized carbons (Fsp3) is 0.500. The zero-order valence-corrected chi connectivity index (χ0v) is 15.7. The predicted molar refractivity (Wildman–Crippen MR) is 93.8 cm³/mol. The van der Waals surface area contributed by atoms with Crippen LogP contribution < -0.4 is 4.90 Å². The molecule has 2 rings (SSSR count). The molecule has 23 heavy (non-hydrogen) atoms. The van der Waals surface area contributed by atoms with Gasteiger partial charge in [-0.05, 0) is 45.6 Å². The third kappa shape index (κ3) is 3.86. The fourth-order valence-electron chi connectivity index (χ4n) is 2.85. The number of amides is 1. The van der Waals surface area contributed by atoms with Crippen molar-refractivity contribution in [2.24, 2.45) is 0 Å². The van der Waals surface area contributed by atoms with Crippen molar-refractivity contribution in [3.8, 4) is 0 Å². The number of hydrogen-bond acceptors (Lipinski definition) is 3. The first-order chi connectivity index (χ1) is 10.6. The van der Waals surface area contributed by atoms with Crippen LogP contribution in [0.1, 0.15) is 13.8 Å². The van der Waals surface area contributed by atoms with Crippen molar-refractivity contribution in [2.45, 2.75) is 51.7 Å². The van der Waals surface area contributed by atoms with Gasteiger partial charge in [-0.3, -0.25) is 4.90 Å². The van der Waals surface area contributed by atoms with Gasteiger partial charge in [-0.1, -0.05) is 17.7 Å². The summed E-state index contributed by atoms with van der Waals surface area (Å²) in [6.07, 6.45) is -0.865. The molecule has 1 aromatic rings. The highest BCUT2D eigenvalue weighted by Gasteiger charge is 2.44. The number of carbonyl (C=O) groups is 1. The van der Waals surface area contributed by atoms with E-state index in [1.807, 2.05) is 13.8 Å². The van der Waals surface area contributed by atoms with Crippen molar-refractivity contribution in [1.29, 1.82) is 0 Å². The zero-order chi connectivity index (χ0) is 17.4. The molecule has 3 atom stereocenters. The zero-order valence-electron chi connectivity index (χ0n) is 14.0. The number of carbonyl (C=O) groups excluding carboxylic acids is 1. The SMILES string of the molecule is [C-]#[N+]c1ccc(N2C(=O)O[C@@H](C)[C@@H]2C(C)O[Si](C)(C)C)cc1Cl. The van der Waals surface area contributed by atoms with E-state index in [-0.39, 0.29) is 18.2 Å². The Labute approximate surface area is 143 Å². The smallest absolute Gasteiger partial charge is 0.415 e. The summed E-state index contributed by atoms with van der Waals surface area (Å²) in [6, 6.07) is 4.72. The van der Waals surface area contributed by atoms with Gasteiger partial charge < -0.3 is 9.16 Å². The average molecular weight is 353 g/mol. The van der Waals surface area contributed by atoms with E-state index in [0.29, 0.717) is 16.4 Å². The van der Waals surface area contributed by atoms with Crippen molar-refractivity contribution in [1.82, 2.24) is 0 Å². The molecule has 0 N–H and O–H groups in total. The Morgan fingerprint density at radius 3 is 2.61 bits per heavy atom. The Morgan fingerprint density at radius 1 is 1.43 bits per heavy atom. The molecule has 0 spiro atoms. The minimum absolute atomic E-state index is 0.164. The number of rotatable bonds is 4. The molecular formula is C16H21ClN2O3Si. The Kier molecular flexibility index (Phi) is 5.04. The van der Waals surface area contributed by atoms with Gasteiger partial charge in [-0.25, -0.2) is 9.64 Å². The standard InChI is InChI=1S/C16H21ClN2O3Si/c1-10-15(11(2)22-23(4,5)6)19(16(20)21-10)12-7-8-14(18-3)13(17)9-12/h7-11,15H,1-2,4-6H3/t10-,11?,15+/m0/s1. The molecule has 0 bridgehead atoms. The van der Waals surface area contributed by atoms with E-state index < -0.39 is 14.4 Å². The minimum Gasteiger partial charge on any atom is -0.444 e. The normalized spacial score (nSPS) is 22.7. The third-order valence-electron chi connectivity index (χ3n) is 3.61. The summed E-state index contributed by atoms with van der Waals surface area (Å²) in [5.41, 5.74) is 0.978. The summed E-state index contributed by atoms with van der Waals surface area (Å²) >= 11 is 6.11. The highest BCUT2D eigenvalue weighted by molar-refractivity contribution is 6.69. The Bertz CT molecular complexity index is 654. The first-order valence-corrected chi connectivity index (χ1v) is 11.3. The molecule has 1 aliphatic rings. The monoisotopic (exact) mass is 352 g/mol. The van der Waals surface area contributed by atoms with Crippen molar-refractivity contribution >= 4 is 37.4 Å². The van der Waals surface area contributed by atoms with Gasteiger partial charge in [-0.15, -0.1) is 0 Å². The molecule has 0 saturated carbocycles. The number of hydrogen-bond donors (Lipinski definition) is 0. The number of cyclic esters (lactones) is 1. The molecule has 124 valence electrons. The van der Waals surface area contributed by atoms with E-state index >= 15 is 0 Å². The van der Waals surface area contributed by atoms with E-state index in [9.17, 15) is 4.79 Å². The lowest BCUT2D eigenvalue weighted by Gasteiger charge is -2.33. The molecule has 5 nitrogen and oxygen atoms in total. The molecule has 0 radical (unpaired) electrons. The number of anilines is 1. The van der Waals surface area contributed by atoms with Crippen LogP contribution in [0.3, 0.4) is 0 Å². The topological polar surface area (TPSA) is 43.1 Å². The molecule has 0 aliphatic carbocycles. The van der Waals surface area contributed by atoms with Gasteiger partial charge in [0.05, 0.1) is 12.7 Å². The van der Waals surface area contributed by atoms with Crippen LogP contribution in [0.4, 0.5) is 16.2 Å². The second-order valence-corrected chi connectivity index (χ2v) is 11.5. The highest BCUT2D eigenvalue weighted by atomic mass is 35.5. The second-order valence-electron chi connectivity index (χ2n) is 6.63. The lowest BCUT2D eigenvalue weighted by molar-refractivity contribution is 0.107. The van der Waals surface area contributed by atoms with Gasteiger partial charge >= 0.3 is 6.09 Å². The van der Waals surface area contributed by atoms with Crippen LogP contribution in [0.5, 0.6) is 0 Å². The summed E-state index contributed by atoms with van der Waals surface area (Å²) in [7, 11) is -1.75. The predicted octanol–water partition coefficient (Wildman–Crippen LogP) is 4.84. The first-order valence-electron chi connectivity index (χ1n) is 7.48. The fourth-order valence-corrected chi connectivity index (χ4v) is 4.32. The quantitative estimate of drug-likeness (QED) is 0.575. The second kappa shape index (κ2) is 6.52. The largest absolute Gasteiger partial charge is 0.444 e. The molecular weight excluding hydrogens is 332 g/mol. The molecule has 1 aliphatic heterocycles. The van der Waals surface area contributed by atoms with Crippen molar-refractivity contribution < 1.29 is 14.0 Å². The first kappa shape index (κ1) is 17.8. The molecule has 1 heterocycles. The van der Waals surface area contributed by atoms with E-state index in [4.69, 9.17) is 27.3 Å². The van der Waals surface area contributed by atoms with E-state index in [1.165, 1.54) is 0 Å². The Morgan fingerprint density at radius 2 is 2.09 bits per heavy atom. The van der Waals surface area contributed by atoms with Gasteiger partial charge in [0.2, 0.25) is 5.69 Å². The van der Waals surface area contributed by atoms with Gasteiger partial charge in [0.1, 0.15) is 12.1 Å². The lowest BCUT2D eigenvalue weighted by Crippen LogP contribution is -2.48. The number of nitrogens with zero attached hydrogens (tertiary/aromatic N) is 2. The molecule has 1 unspecified atom stereocenters. The van der Waals surface area contributed by atoms with Gasteiger partial charge in [0, 0.05) is 10.7 Å². The van der Waals surface area contributed by atoms with E-state index in [2.05, 4.69) is 24.5 Å². The summed E-state index contributed by atoms with van der Waals surface area (Å²) in [5.74, 6) is 0. The third-order valence-corrected chi connectivity index (χ3v) is 4.99. The van der Waals surface area contributed by atoms with Crippen LogP contribution in [-0.2, 0) is 9.16 Å². The summed E-state index contributed by atoms with van der Waals surface area (Å²) in [6.45, 7) is 17.2. The van der Waals surface area contributed by atoms with Crippen LogP contribution in [0, 0.1) is 6.57 Å². The molecule has 0 aromatic heterocycles. The molecule has 1 amide bonds. The maximum absolute atomic E-state index is 12.3. The average Bonchev–Trinajstić information content (AvgIpc) is 2.71. The van der Waals surface area contributed by atoms with Crippen molar-refractivity contribution in [2.75, 3.05) is 4.90 Å². The molecule has 1 aromatic carbocycles. The van der Waals surface area contributed by atoms with Gasteiger partial charge in [0.25, 0.3) is 0 Å².